The molecule has 0 aliphatic heterocycles. The maximum Gasteiger partial charge on any atom is 0.228 e. The van der Waals surface area contributed by atoms with E-state index in [2.05, 4.69) is 15.6 Å². The molecule has 7 heteroatoms. The summed E-state index contributed by atoms with van der Waals surface area (Å²) in [5.41, 5.74) is 0.755. The molecule has 0 aliphatic rings. The lowest BCUT2D eigenvalue weighted by Crippen LogP contribution is -2.29. The minimum atomic E-state index is -0.504. The average molecular weight is 334 g/mol. The zero-order valence-corrected chi connectivity index (χ0v) is 13.2. The highest BCUT2D eigenvalue weighted by Crippen LogP contribution is 2.22. The van der Waals surface area contributed by atoms with Gasteiger partial charge in [0.1, 0.15) is 0 Å². The van der Waals surface area contributed by atoms with Gasteiger partial charge in [0.15, 0.2) is 11.6 Å². The van der Waals surface area contributed by atoms with Gasteiger partial charge in [0, 0.05) is 18.1 Å². The highest BCUT2D eigenvalue weighted by molar-refractivity contribution is 6.30. The van der Waals surface area contributed by atoms with Crippen LogP contribution in [0.3, 0.4) is 0 Å². The molecule has 2 aromatic rings. The molecule has 0 aliphatic carbocycles. The molecule has 23 heavy (non-hydrogen) atoms. The number of hydrogen-bond donors (Lipinski definition) is 3. The number of pyridine rings is 1. The molecule has 0 saturated heterocycles. The number of aromatic hydroxyl groups is 1. The van der Waals surface area contributed by atoms with E-state index in [0.717, 1.165) is 5.56 Å². The number of amides is 2. The van der Waals surface area contributed by atoms with E-state index in [1.54, 1.807) is 30.3 Å². The van der Waals surface area contributed by atoms with E-state index in [1.165, 1.54) is 19.2 Å². The highest BCUT2D eigenvalue weighted by Gasteiger charge is 2.18. The molecule has 0 saturated carbocycles. The first-order chi connectivity index (χ1) is 11.0. The van der Waals surface area contributed by atoms with Crippen LogP contribution in [0.25, 0.3) is 0 Å². The topological polar surface area (TPSA) is 91.3 Å². The first kappa shape index (κ1) is 16.8. The van der Waals surface area contributed by atoms with Gasteiger partial charge in [-0.15, -0.1) is 0 Å². The van der Waals surface area contributed by atoms with E-state index in [1.807, 2.05) is 0 Å². The number of rotatable bonds is 5. The maximum atomic E-state index is 12.2. The summed E-state index contributed by atoms with van der Waals surface area (Å²) in [6, 6.07) is 9.34. The predicted octanol–water partition coefficient (Wildman–Crippen LogP) is 2.65. The predicted molar refractivity (Wildman–Crippen MR) is 87.2 cm³/mol. The van der Waals surface area contributed by atoms with E-state index in [0.29, 0.717) is 5.02 Å². The third-order valence-electron chi connectivity index (χ3n) is 3.08. The molecule has 3 N–H and O–H groups in total. The SMILES string of the molecule is CC(=O)N[C@@H](CC(=O)Nc1ncccc1O)c1ccc(Cl)cc1. The molecule has 0 radical (unpaired) electrons. The van der Waals surface area contributed by atoms with Crippen molar-refractivity contribution in [2.45, 2.75) is 19.4 Å². The fraction of sp³-hybridized carbons (Fsp3) is 0.188. The molecule has 0 unspecified atom stereocenters. The molecular weight excluding hydrogens is 318 g/mol. The van der Waals surface area contributed by atoms with Crippen LogP contribution in [-0.2, 0) is 9.59 Å². The van der Waals surface area contributed by atoms with Crippen LogP contribution in [0.15, 0.2) is 42.6 Å². The van der Waals surface area contributed by atoms with E-state index >= 15 is 0 Å². The lowest BCUT2D eigenvalue weighted by Gasteiger charge is -2.18. The Morgan fingerprint density at radius 2 is 1.96 bits per heavy atom. The third-order valence-corrected chi connectivity index (χ3v) is 3.34. The average Bonchev–Trinajstić information content (AvgIpc) is 2.49. The summed E-state index contributed by atoms with van der Waals surface area (Å²) in [6.45, 7) is 1.38. The Morgan fingerprint density at radius 3 is 2.57 bits per heavy atom. The molecule has 2 rings (SSSR count). The van der Waals surface area contributed by atoms with Gasteiger partial charge >= 0.3 is 0 Å². The number of halogens is 1. The van der Waals surface area contributed by atoms with Crippen LogP contribution in [0.2, 0.25) is 5.02 Å². The molecule has 2 amide bonds. The van der Waals surface area contributed by atoms with E-state index in [-0.39, 0.29) is 29.8 Å². The Hall–Kier alpha value is -2.60. The fourth-order valence-electron chi connectivity index (χ4n) is 2.05. The molecule has 0 spiro atoms. The summed E-state index contributed by atoms with van der Waals surface area (Å²) in [5, 5.41) is 15.4. The van der Waals surface area contributed by atoms with Gasteiger partial charge in [0.25, 0.3) is 0 Å². The van der Waals surface area contributed by atoms with E-state index in [9.17, 15) is 14.7 Å². The van der Waals surface area contributed by atoms with Crippen molar-refractivity contribution in [3.8, 4) is 5.75 Å². The van der Waals surface area contributed by atoms with Crippen molar-refractivity contribution in [1.29, 1.82) is 0 Å². The van der Waals surface area contributed by atoms with Gasteiger partial charge in [0.2, 0.25) is 11.8 Å². The largest absolute Gasteiger partial charge is 0.504 e. The zero-order valence-electron chi connectivity index (χ0n) is 12.4. The smallest absolute Gasteiger partial charge is 0.228 e. The first-order valence-corrected chi connectivity index (χ1v) is 7.30. The lowest BCUT2D eigenvalue weighted by atomic mass is 10.0. The summed E-state index contributed by atoms with van der Waals surface area (Å²) >= 11 is 5.85. The van der Waals surface area contributed by atoms with Crippen molar-refractivity contribution in [3.63, 3.8) is 0 Å². The number of benzene rings is 1. The molecule has 1 atom stereocenters. The number of aromatic nitrogens is 1. The number of carbonyl (C=O) groups excluding carboxylic acids is 2. The number of nitrogens with one attached hydrogen (secondary N) is 2. The molecule has 1 aromatic heterocycles. The van der Waals surface area contributed by atoms with Gasteiger partial charge in [0.05, 0.1) is 12.5 Å². The quantitative estimate of drug-likeness (QED) is 0.784. The summed E-state index contributed by atoms with van der Waals surface area (Å²) < 4.78 is 0. The zero-order chi connectivity index (χ0) is 16.8. The molecule has 1 heterocycles. The van der Waals surface area contributed by atoms with Gasteiger partial charge < -0.3 is 15.7 Å². The molecular formula is C16H16ClN3O3. The summed E-state index contributed by atoms with van der Waals surface area (Å²) in [4.78, 5) is 27.4. The highest BCUT2D eigenvalue weighted by atomic mass is 35.5. The van der Waals surface area contributed by atoms with Crippen molar-refractivity contribution < 1.29 is 14.7 Å². The minimum Gasteiger partial charge on any atom is -0.504 e. The van der Waals surface area contributed by atoms with Crippen LogP contribution in [0.1, 0.15) is 24.9 Å². The van der Waals surface area contributed by atoms with Crippen LogP contribution < -0.4 is 10.6 Å². The standard InChI is InChI=1S/C16H16ClN3O3/c1-10(21)19-13(11-4-6-12(17)7-5-11)9-15(23)20-16-14(22)3-2-8-18-16/h2-8,13,22H,9H2,1H3,(H,19,21)(H,18,20,23)/t13-/m0/s1. The molecule has 1 aromatic carbocycles. The van der Waals surface area contributed by atoms with Crippen LogP contribution in [0, 0.1) is 0 Å². The molecule has 120 valence electrons. The Kier molecular flexibility index (Phi) is 5.54. The van der Waals surface area contributed by atoms with Gasteiger partial charge in [-0.1, -0.05) is 23.7 Å². The van der Waals surface area contributed by atoms with Crippen LogP contribution in [0.5, 0.6) is 5.75 Å². The summed E-state index contributed by atoms with van der Waals surface area (Å²) in [6.07, 6.45) is 1.46. The number of anilines is 1. The van der Waals surface area contributed by atoms with E-state index < -0.39 is 6.04 Å². The third kappa shape index (κ3) is 4.96. The van der Waals surface area contributed by atoms with Gasteiger partial charge in [-0.2, -0.15) is 0 Å². The second-order valence-corrected chi connectivity index (χ2v) is 5.36. The van der Waals surface area contributed by atoms with Crippen LogP contribution in [0.4, 0.5) is 5.82 Å². The number of carbonyl (C=O) groups is 2. The maximum absolute atomic E-state index is 12.2. The van der Waals surface area contributed by atoms with E-state index in [4.69, 9.17) is 11.6 Å². The minimum absolute atomic E-state index is 0.00275. The van der Waals surface area contributed by atoms with Crippen molar-refractivity contribution in [3.05, 3.63) is 53.2 Å². The molecule has 0 fully saturated rings. The number of hydrogen-bond acceptors (Lipinski definition) is 4. The Balaban J connectivity index is 2.11. The second-order valence-electron chi connectivity index (χ2n) is 4.93. The van der Waals surface area contributed by atoms with Crippen molar-refractivity contribution >= 4 is 29.2 Å². The Morgan fingerprint density at radius 1 is 1.26 bits per heavy atom. The summed E-state index contributed by atoms with van der Waals surface area (Å²) in [5.74, 6) is -0.676. The molecule has 6 nitrogen and oxygen atoms in total. The second kappa shape index (κ2) is 7.60. The summed E-state index contributed by atoms with van der Waals surface area (Å²) in [7, 11) is 0. The lowest BCUT2D eigenvalue weighted by molar-refractivity contribution is -0.120. The molecule has 0 bridgehead atoms. The number of nitrogens with zero attached hydrogens (tertiary/aromatic N) is 1. The van der Waals surface area contributed by atoms with Crippen LogP contribution in [-0.4, -0.2) is 21.9 Å². The van der Waals surface area contributed by atoms with Gasteiger partial charge in [-0.05, 0) is 29.8 Å². The van der Waals surface area contributed by atoms with Crippen molar-refractivity contribution in [2.24, 2.45) is 0 Å². The monoisotopic (exact) mass is 333 g/mol. The normalized spacial score (nSPS) is 11.6. The van der Waals surface area contributed by atoms with Crippen molar-refractivity contribution in [2.75, 3.05) is 5.32 Å². The Labute approximate surface area is 138 Å². The van der Waals surface area contributed by atoms with Gasteiger partial charge in [-0.3, -0.25) is 9.59 Å². The Bertz CT molecular complexity index is 704. The van der Waals surface area contributed by atoms with Crippen molar-refractivity contribution in [1.82, 2.24) is 10.3 Å². The fourth-order valence-corrected chi connectivity index (χ4v) is 2.18. The van der Waals surface area contributed by atoms with Crippen LogP contribution >= 0.6 is 11.6 Å². The first-order valence-electron chi connectivity index (χ1n) is 6.92. The van der Waals surface area contributed by atoms with Gasteiger partial charge in [-0.25, -0.2) is 4.98 Å².